The van der Waals surface area contributed by atoms with Crippen molar-refractivity contribution in [2.24, 2.45) is 4.99 Å². The summed E-state index contributed by atoms with van der Waals surface area (Å²) < 4.78 is 0. The highest BCUT2D eigenvalue weighted by Crippen LogP contribution is 2.13. The zero-order valence-corrected chi connectivity index (χ0v) is 17.7. The minimum atomic E-state index is 0. The van der Waals surface area contributed by atoms with E-state index in [0.717, 1.165) is 25.5 Å². The summed E-state index contributed by atoms with van der Waals surface area (Å²) in [6, 6.07) is 8.98. The maximum Gasteiger partial charge on any atom is 0.191 e. The molecular formula is C18H33IN4. The molecule has 4 nitrogen and oxygen atoms in total. The fourth-order valence-electron chi connectivity index (χ4n) is 2.14. The summed E-state index contributed by atoms with van der Waals surface area (Å²) in [6.45, 7) is 12.6. The SMILES string of the molecule is CCc1ccc(C(C)NC(=NC)NCCNC(C)(C)C)cc1.I. The summed E-state index contributed by atoms with van der Waals surface area (Å²) in [5, 5.41) is 10.2. The number of hydrogen-bond acceptors (Lipinski definition) is 2. The summed E-state index contributed by atoms with van der Waals surface area (Å²) in [6.07, 6.45) is 1.08. The van der Waals surface area contributed by atoms with E-state index in [2.05, 4.69) is 79.8 Å². The van der Waals surface area contributed by atoms with Crippen LogP contribution < -0.4 is 16.0 Å². The summed E-state index contributed by atoms with van der Waals surface area (Å²) >= 11 is 0. The van der Waals surface area contributed by atoms with E-state index < -0.39 is 0 Å². The van der Waals surface area contributed by atoms with Gasteiger partial charge >= 0.3 is 0 Å². The Morgan fingerprint density at radius 1 is 1.13 bits per heavy atom. The second-order valence-corrected chi connectivity index (χ2v) is 6.64. The van der Waals surface area contributed by atoms with Crippen molar-refractivity contribution in [3.05, 3.63) is 35.4 Å². The van der Waals surface area contributed by atoms with E-state index in [1.165, 1.54) is 11.1 Å². The lowest BCUT2D eigenvalue weighted by molar-refractivity contribution is 0.428. The molecule has 0 aliphatic carbocycles. The van der Waals surface area contributed by atoms with E-state index in [1.54, 1.807) is 7.05 Å². The maximum atomic E-state index is 4.29. The number of guanidine groups is 1. The molecule has 0 saturated heterocycles. The smallest absolute Gasteiger partial charge is 0.191 e. The molecule has 3 N–H and O–H groups in total. The predicted octanol–water partition coefficient (Wildman–Crippen LogP) is 3.48. The molecule has 0 amide bonds. The van der Waals surface area contributed by atoms with Gasteiger partial charge in [-0.25, -0.2) is 0 Å². The number of halogens is 1. The summed E-state index contributed by atoms with van der Waals surface area (Å²) in [5.41, 5.74) is 2.78. The molecule has 0 aliphatic rings. The number of benzene rings is 1. The molecule has 1 unspecified atom stereocenters. The van der Waals surface area contributed by atoms with E-state index >= 15 is 0 Å². The zero-order chi connectivity index (χ0) is 16.6. The van der Waals surface area contributed by atoms with Crippen molar-refractivity contribution >= 4 is 29.9 Å². The Balaban J connectivity index is 0.00000484. The van der Waals surface area contributed by atoms with Crippen molar-refractivity contribution in [3.63, 3.8) is 0 Å². The predicted molar refractivity (Wildman–Crippen MR) is 112 cm³/mol. The lowest BCUT2D eigenvalue weighted by atomic mass is 10.1. The minimum absolute atomic E-state index is 0. The molecule has 132 valence electrons. The molecule has 1 atom stereocenters. The molecule has 1 rings (SSSR count). The molecule has 0 aromatic heterocycles. The van der Waals surface area contributed by atoms with Crippen molar-refractivity contribution in [2.75, 3.05) is 20.1 Å². The van der Waals surface area contributed by atoms with Gasteiger partial charge in [0, 0.05) is 25.7 Å². The monoisotopic (exact) mass is 432 g/mol. The van der Waals surface area contributed by atoms with Crippen LogP contribution in [0.3, 0.4) is 0 Å². The van der Waals surface area contributed by atoms with E-state index in [-0.39, 0.29) is 35.6 Å². The average molecular weight is 432 g/mol. The molecule has 0 heterocycles. The highest BCUT2D eigenvalue weighted by atomic mass is 127. The van der Waals surface area contributed by atoms with Crippen molar-refractivity contribution < 1.29 is 0 Å². The van der Waals surface area contributed by atoms with E-state index in [4.69, 9.17) is 0 Å². The molecular weight excluding hydrogens is 399 g/mol. The lowest BCUT2D eigenvalue weighted by Gasteiger charge is -2.22. The van der Waals surface area contributed by atoms with Crippen LogP contribution in [0.5, 0.6) is 0 Å². The standard InChI is InChI=1S/C18H32N4.HI/c1-7-15-8-10-16(11-9-15)14(2)22-17(19-6)20-12-13-21-18(3,4)5;/h8-11,14,21H,7,12-13H2,1-6H3,(H2,19,20,22);1H. The first-order chi connectivity index (χ1) is 10.4. The van der Waals surface area contributed by atoms with Gasteiger partial charge in [-0.05, 0) is 45.2 Å². The Morgan fingerprint density at radius 3 is 2.22 bits per heavy atom. The van der Waals surface area contributed by atoms with Crippen molar-refractivity contribution in [3.8, 4) is 0 Å². The fourth-order valence-corrected chi connectivity index (χ4v) is 2.14. The van der Waals surface area contributed by atoms with E-state index in [0.29, 0.717) is 0 Å². The summed E-state index contributed by atoms with van der Waals surface area (Å²) in [4.78, 5) is 4.29. The number of hydrogen-bond donors (Lipinski definition) is 3. The molecule has 0 fully saturated rings. The Morgan fingerprint density at radius 2 is 1.74 bits per heavy atom. The second kappa shape index (κ2) is 10.9. The van der Waals surface area contributed by atoms with Crippen LogP contribution in [0.4, 0.5) is 0 Å². The quantitative estimate of drug-likeness (QED) is 0.279. The van der Waals surface area contributed by atoms with Crippen LogP contribution >= 0.6 is 24.0 Å². The third kappa shape index (κ3) is 9.15. The molecule has 0 bridgehead atoms. The van der Waals surface area contributed by atoms with Crippen molar-refractivity contribution in [1.29, 1.82) is 0 Å². The van der Waals surface area contributed by atoms with Gasteiger partial charge in [0.05, 0.1) is 6.04 Å². The van der Waals surface area contributed by atoms with Gasteiger partial charge < -0.3 is 16.0 Å². The minimum Gasteiger partial charge on any atom is -0.355 e. The van der Waals surface area contributed by atoms with Gasteiger partial charge in [0.2, 0.25) is 0 Å². The van der Waals surface area contributed by atoms with Crippen molar-refractivity contribution in [2.45, 2.75) is 52.6 Å². The molecule has 1 aromatic rings. The van der Waals surface area contributed by atoms with Crippen LogP contribution in [-0.4, -0.2) is 31.6 Å². The number of nitrogens with one attached hydrogen (secondary N) is 3. The van der Waals surface area contributed by atoms with Gasteiger partial charge in [0.1, 0.15) is 0 Å². The Kier molecular flexibility index (Phi) is 10.5. The third-order valence-corrected chi connectivity index (χ3v) is 3.54. The van der Waals surface area contributed by atoms with Gasteiger partial charge in [0.25, 0.3) is 0 Å². The molecule has 0 saturated carbocycles. The fraction of sp³-hybridized carbons (Fsp3) is 0.611. The van der Waals surface area contributed by atoms with Gasteiger partial charge in [-0.1, -0.05) is 31.2 Å². The molecule has 0 aliphatic heterocycles. The topological polar surface area (TPSA) is 48.5 Å². The first-order valence-electron chi connectivity index (χ1n) is 8.16. The maximum absolute atomic E-state index is 4.29. The Bertz CT molecular complexity index is 463. The molecule has 0 spiro atoms. The van der Waals surface area contributed by atoms with Crippen LogP contribution in [0.1, 0.15) is 51.8 Å². The van der Waals surface area contributed by atoms with Crippen molar-refractivity contribution in [1.82, 2.24) is 16.0 Å². The van der Waals surface area contributed by atoms with Gasteiger partial charge in [-0.3, -0.25) is 4.99 Å². The Labute approximate surface area is 158 Å². The van der Waals surface area contributed by atoms with Crippen LogP contribution in [0.15, 0.2) is 29.3 Å². The number of aliphatic imine (C=N–C) groups is 1. The molecule has 0 radical (unpaired) electrons. The molecule has 5 heteroatoms. The van der Waals surface area contributed by atoms with Crippen LogP contribution in [0.25, 0.3) is 0 Å². The summed E-state index contributed by atoms with van der Waals surface area (Å²) in [5.74, 6) is 0.836. The lowest BCUT2D eigenvalue weighted by Crippen LogP contribution is -2.45. The average Bonchev–Trinajstić information content (AvgIpc) is 2.49. The third-order valence-electron chi connectivity index (χ3n) is 3.54. The van der Waals surface area contributed by atoms with Gasteiger partial charge in [-0.15, -0.1) is 24.0 Å². The summed E-state index contributed by atoms with van der Waals surface area (Å²) in [7, 11) is 1.80. The molecule has 23 heavy (non-hydrogen) atoms. The molecule has 1 aromatic carbocycles. The highest BCUT2D eigenvalue weighted by Gasteiger charge is 2.09. The van der Waals surface area contributed by atoms with Gasteiger partial charge in [-0.2, -0.15) is 0 Å². The number of nitrogens with zero attached hydrogens (tertiary/aromatic N) is 1. The largest absolute Gasteiger partial charge is 0.355 e. The van der Waals surface area contributed by atoms with E-state index in [9.17, 15) is 0 Å². The van der Waals surface area contributed by atoms with Crippen LogP contribution in [-0.2, 0) is 6.42 Å². The normalized spacial score (nSPS) is 13.2. The van der Waals surface area contributed by atoms with Crippen LogP contribution in [0, 0.1) is 0 Å². The zero-order valence-electron chi connectivity index (χ0n) is 15.4. The Hall–Kier alpha value is -0.820. The highest BCUT2D eigenvalue weighted by molar-refractivity contribution is 14.0. The first-order valence-corrected chi connectivity index (χ1v) is 8.16. The van der Waals surface area contributed by atoms with E-state index in [1.807, 2.05) is 0 Å². The number of rotatable bonds is 6. The van der Waals surface area contributed by atoms with Crippen LogP contribution in [0.2, 0.25) is 0 Å². The first kappa shape index (κ1) is 22.2. The second-order valence-electron chi connectivity index (χ2n) is 6.64. The van der Waals surface area contributed by atoms with Gasteiger partial charge in [0.15, 0.2) is 5.96 Å². The number of aryl methyl sites for hydroxylation is 1.